The average molecular weight is 415 g/mol. The summed E-state index contributed by atoms with van der Waals surface area (Å²) < 4.78 is 41.0. The first-order chi connectivity index (χ1) is 14.4. The van der Waals surface area contributed by atoms with Crippen molar-refractivity contribution in [3.63, 3.8) is 0 Å². The van der Waals surface area contributed by atoms with Gasteiger partial charge in [-0.2, -0.15) is 13.2 Å². The summed E-state index contributed by atoms with van der Waals surface area (Å²) in [6.45, 7) is 1.22. The molecular formula is C21H20F3N5O. The Hall–Kier alpha value is -3.20. The molecule has 30 heavy (non-hydrogen) atoms. The van der Waals surface area contributed by atoms with Gasteiger partial charge in [-0.3, -0.25) is 14.3 Å². The lowest BCUT2D eigenvalue weighted by molar-refractivity contribution is -0.137. The molecule has 0 saturated carbocycles. The standard InChI is InChI=1S/C21H20F3N5O/c1-25-20(30)19-27-26-18-13-28(11-14-6-5-9-16(10-14)21(22,23)24)12-17(29(18)19)15-7-3-2-4-8-15/h2-10,17H,11-13H2,1H3,(H,25,30). The van der Waals surface area contributed by atoms with Crippen molar-refractivity contribution < 1.29 is 18.0 Å². The van der Waals surface area contributed by atoms with Gasteiger partial charge in [0.15, 0.2) is 0 Å². The molecular weight excluding hydrogens is 395 g/mol. The first-order valence-corrected chi connectivity index (χ1v) is 9.46. The molecule has 156 valence electrons. The van der Waals surface area contributed by atoms with Crippen molar-refractivity contribution in [2.75, 3.05) is 13.6 Å². The number of carbonyl (C=O) groups excluding carboxylic acids is 1. The maximum Gasteiger partial charge on any atom is 0.416 e. The minimum Gasteiger partial charge on any atom is -0.352 e. The smallest absolute Gasteiger partial charge is 0.352 e. The molecule has 0 fully saturated rings. The van der Waals surface area contributed by atoms with Crippen molar-refractivity contribution in [3.05, 3.63) is 82.9 Å². The van der Waals surface area contributed by atoms with E-state index in [1.807, 2.05) is 39.8 Å². The van der Waals surface area contributed by atoms with Crippen molar-refractivity contribution in [1.82, 2.24) is 25.0 Å². The van der Waals surface area contributed by atoms with Gasteiger partial charge in [-0.25, -0.2) is 0 Å². The zero-order chi connectivity index (χ0) is 21.3. The second-order valence-corrected chi connectivity index (χ2v) is 7.18. The predicted molar refractivity (Wildman–Crippen MR) is 104 cm³/mol. The van der Waals surface area contributed by atoms with E-state index < -0.39 is 11.7 Å². The number of hydrogen-bond acceptors (Lipinski definition) is 4. The van der Waals surface area contributed by atoms with Gasteiger partial charge in [-0.15, -0.1) is 10.2 Å². The van der Waals surface area contributed by atoms with E-state index in [1.54, 1.807) is 6.07 Å². The number of nitrogens with zero attached hydrogens (tertiary/aromatic N) is 4. The van der Waals surface area contributed by atoms with Crippen molar-refractivity contribution in [2.45, 2.75) is 25.3 Å². The highest BCUT2D eigenvalue weighted by Crippen LogP contribution is 2.31. The van der Waals surface area contributed by atoms with Gasteiger partial charge in [0.05, 0.1) is 18.2 Å². The van der Waals surface area contributed by atoms with Crippen LogP contribution in [0.2, 0.25) is 0 Å². The van der Waals surface area contributed by atoms with Gasteiger partial charge < -0.3 is 5.32 Å². The summed E-state index contributed by atoms with van der Waals surface area (Å²) in [5.74, 6) is 0.488. The fraction of sp³-hybridized carbons (Fsp3) is 0.286. The molecule has 0 spiro atoms. The number of carbonyl (C=O) groups is 1. The first-order valence-electron chi connectivity index (χ1n) is 9.46. The summed E-state index contributed by atoms with van der Waals surface area (Å²) in [7, 11) is 1.53. The zero-order valence-corrected chi connectivity index (χ0v) is 16.2. The summed E-state index contributed by atoms with van der Waals surface area (Å²) in [4.78, 5) is 14.3. The van der Waals surface area contributed by atoms with Crippen LogP contribution in [-0.4, -0.2) is 39.2 Å². The number of hydrogen-bond donors (Lipinski definition) is 1. The molecule has 2 heterocycles. The van der Waals surface area contributed by atoms with Crippen LogP contribution < -0.4 is 5.32 Å². The Kier molecular flexibility index (Phi) is 5.29. The van der Waals surface area contributed by atoms with Gasteiger partial charge in [0.2, 0.25) is 5.82 Å². The quantitative estimate of drug-likeness (QED) is 0.711. The lowest BCUT2D eigenvalue weighted by Crippen LogP contribution is -2.39. The Morgan fingerprint density at radius 3 is 2.60 bits per heavy atom. The largest absolute Gasteiger partial charge is 0.416 e. The molecule has 1 aromatic heterocycles. The van der Waals surface area contributed by atoms with Crippen LogP contribution in [0.1, 0.15) is 39.2 Å². The molecule has 1 unspecified atom stereocenters. The fourth-order valence-electron chi connectivity index (χ4n) is 3.77. The van der Waals surface area contributed by atoms with E-state index in [1.165, 1.54) is 19.2 Å². The Balaban J connectivity index is 1.67. The molecule has 0 bridgehead atoms. The van der Waals surface area contributed by atoms with Crippen molar-refractivity contribution >= 4 is 5.91 Å². The molecule has 1 aliphatic rings. The number of aromatic nitrogens is 3. The van der Waals surface area contributed by atoms with Crippen LogP contribution in [0, 0.1) is 0 Å². The highest BCUT2D eigenvalue weighted by atomic mass is 19.4. The number of halogens is 3. The molecule has 3 aromatic rings. The predicted octanol–water partition coefficient (Wildman–Crippen LogP) is 3.26. The Labute approximate surface area is 171 Å². The third-order valence-electron chi connectivity index (χ3n) is 5.15. The van der Waals surface area contributed by atoms with Crippen LogP contribution in [0.25, 0.3) is 0 Å². The lowest BCUT2D eigenvalue weighted by Gasteiger charge is -2.34. The molecule has 9 heteroatoms. The second kappa shape index (κ2) is 7.91. The molecule has 0 aliphatic carbocycles. The topological polar surface area (TPSA) is 63.1 Å². The monoisotopic (exact) mass is 415 g/mol. The summed E-state index contributed by atoms with van der Waals surface area (Å²) in [5, 5.41) is 10.8. The third-order valence-corrected chi connectivity index (χ3v) is 5.15. The molecule has 1 N–H and O–H groups in total. The van der Waals surface area contributed by atoms with E-state index in [9.17, 15) is 18.0 Å². The van der Waals surface area contributed by atoms with Crippen molar-refractivity contribution in [3.8, 4) is 0 Å². The average Bonchev–Trinajstić information content (AvgIpc) is 3.17. The minimum atomic E-state index is -4.38. The van der Waals surface area contributed by atoms with E-state index >= 15 is 0 Å². The Bertz CT molecular complexity index is 1050. The summed E-state index contributed by atoms with van der Waals surface area (Å²) in [6, 6.07) is 14.7. The highest BCUT2D eigenvalue weighted by Gasteiger charge is 2.33. The van der Waals surface area contributed by atoms with Crippen molar-refractivity contribution in [2.24, 2.45) is 0 Å². The maximum absolute atomic E-state index is 13.1. The maximum atomic E-state index is 13.1. The Morgan fingerprint density at radius 1 is 1.13 bits per heavy atom. The Morgan fingerprint density at radius 2 is 1.90 bits per heavy atom. The van der Waals surface area contributed by atoms with Gasteiger partial charge in [-0.05, 0) is 17.2 Å². The third kappa shape index (κ3) is 3.93. The number of alkyl halides is 3. The van der Waals surface area contributed by atoms with E-state index in [0.29, 0.717) is 31.0 Å². The normalized spacial score (nSPS) is 16.9. The number of rotatable bonds is 4. The molecule has 0 radical (unpaired) electrons. The SMILES string of the molecule is CNC(=O)c1nnc2n1C(c1ccccc1)CN(Cc1cccc(C(F)(F)F)c1)C2. The second-order valence-electron chi connectivity index (χ2n) is 7.18. The summed E-state index contributed by atoms with van der Waals surface area (Å²) >= 11 is 0. The number of amides is 1. The van der Waals surface area contributed by atoms with Gasteiger partial charge in [0.1, 0.15) is 5.82 Å². The zero-order valence-electron chi connectivity index (χ0n) is 16.2. The van der Waals surface area contributed by atoms with Gasteiger partial charge in [0.25, 0.3) is 5.91 Å². The fourth-order valence-corrected chi connectivity index (χ4v) is 3.77. The van der Waals surface area contributed by atoms with E-state index in [-0.39, 0.29) is 17.8 Å². The van der Waals surface area contributed by atoms with Crippen LogP contribution in [0.15, 0.2) is 54.6 Å². The molecule has 1 atom stereocenters. The molecule has 2 aromatic carbocycles. The molecule has 1 aliphatic heterocycles. The number of nitrogens with one attached hydrogen (secondary N) is 1. The van der Waals surface area contributed by atoms with Crippen LogP contribution in [-0.2, 0) is 19.3 Å². The van der Waals surface area contributed by atoms with Crippen LogP contribution in [0.5, 0.6) is 0 Å². The van der Waals surface area contributed by atoms with Crippen LogP contribution >= 0.6 is 0 Å². The number of benzene rings is 2. The number of fused-ring (bicyclic) bond motifs is 1. The highest BCUT2D eigenvalue weighted by molar-refractivity contribution is 5.90. The van der Waals surface area contributed by atoms with Crippen LogP contribution in [0.4, 0.5) is 13.2 Å². The van der Waals surface area contributed by atoms with Crippen LogP contribution in [0.3, 0.4) is 0 Å². The molecule has 4 rings (SSSR count). The molecule has 6 nitrogen and oxygen atoms in total. The minimum absolute atomic E-state index is 0.222. The molecule has 1 amide bonds. The molecule has 0 saturated heterocycles. The van der Waals surface area contributed by atoms with Crippen molar-refractivity contribution in [1.29, 1.82) is 0 Å². The van der Waals surface area contributed by atoms with Gasteiger partial charge in [0, 0.05) is 20.1 Å². The lowest BCUT2D eigenvalue weighted by atomic mass is 10.0. The van der Waals surface area contributed by atoms with Gasteiger partial charge in [-0.1, -0.05) is 48.5 Å². The van der Waals surface area contributed by atoms with Gasteiger partial charge >= 0.3 is 6.18 Å². The van der Waals surface area contributed by atoms with E-state index in [4.69, 9.17) is 0 Å². The first kappa shape index (κ1) is 20.1. The van der Waals surface area contributed by atoms with E-state index in [0.717, 1.165) is 11.6 Å². The summed E-state index contributed by atoms with van der Waals surface area (Å²) in [5.41, 5.74) is 0.871. The van der Waals surface area contributed by atoms with E-state index in [2.05, 4.69) is 15.5 Å². The summed E-state index contributed by atoms with van der Waals surface area (Å²) in [6.07, 6.45) is -4.38.